The van der Waals surface area contributed by atoms with Crippen molar-refractivity contribution in [1.29, 1.82) is 0 Å². The van der Waals surface area contributed by atoms with E-state index >= 15 is 0 Å². The Morgan fingerprint density at radius 1 is 1.14 bits per heavy atom. The number of aryl methyl sites for hydroxylation is 1. The number of hydrogen-bond acceptors (Lipinski definition) is 4. The molecule has 0 spiro atoms. The van der Waals surface area contributed by atoms with Gasteiger partial charge in [-0.1, -0.05) is 29.8 Å². The number of aromatic hydroxyl groups is 1. The molecule has 1 atom stereocenters. The number of nitrogens with one attached hydrogen (secondary N) is 1. The Hall–Kier alpha value is -3.68. The molecule has 1 aromatic heterocycles. The molecule has 8 heteroatoms. The molecule has 1 amide bonds. The Morgan fingerprint density at radius 2 is 1.79 bits per heavy atom. The first-order chi connectivity index (χ1) is 13.3. The predicted molar refractivity (Wildman–Crippen MR) is 98.8 cm³/mol. The van der Waals surface area contributed by atoms with Crippen LogP contribution in [-0.2, 0) is 4.79 Å². The van der Waals surface area contributed by atoms with Crippen LogP contribution in [0.25, 0.3) is 5.69 Å². The van der Waals surface area contributed by atoms with Gasteiger partial charge in [-0.3, -0.25) is 9.59 Å². The largest absolute Gasteiger partial charge is 0.493 e. The van der Waals surface area contributed by atoms with E-state index in [0.29, 0.717) is 11.3 Å². The molecule has 0 aliphatic heterocycles. The van der Waals surface area contributed by atoms with Crippen LogP contribution in [0.3, 0.4) is 0 Å². The van der Waals surface area contributed by atoms with Crippen molar-refractivity contribution in [3.63, 3.8) is 0 Å². The lowest BCUT2D eigenvalue weighted by Crippen LogP contribution is -2.30. The number of carboxylic acids is 1. The number of aromatic nitrogens is 2. The first-order valence-electron chi connectivity index (χ1n) is 8.47. The molecule has 0 aliphatic carbocycles. The fourth-order valence-corrected chi connectivity index (χ4v) is 2.71. The van der Waals surface area contributed by atoms with Crippen LogP contribution in [0.15, 0.2) is 54.6 Å². The summed E-state index contributed by atoms with van der Waals surface area (Å²) in [6, 6.07) is 12.8. The SMILES string of the molecule is Cc1ccc(C(CC(=O)O)NC(=O)c2cc(O)n(-c3ccc(F)cc3)n2)cc1. The van der Waals surface area contributed by atoms with Crippen LogP contribution in [0.5, 0.6) is 5.88 Å². The number of halogens is 1. The predicted octanol–water partition coefficient (Wildman–Crippen LogP) is 2.97. The summed E-state index contributed by atoms with van der Waals surface area (Å²) in [5.74, 6) is -2.45. The summed E-state index contributed by atoms with van der Waals surface area (Å²) >= 11 is 0. The molecule has 1 unspecified atom stereocenters. The molecule has 0 aliphatic rings. The van der Waals surface area contributed by atoms with Gasteiger partial charge in [0, 0.05) is 6.07 Å². The minimum absolute atomic E-state index is 0.0932. The van der Waals surface area contributed by atoms with Gasteiger partial charge in [0.15, 0.2) is 5.69 Å². The number of benzene rings is 2. The molecule has 0 saturated heterocycles. The van der Waals surface area contributed by atoms with Crippen LogP contribution in [-0.4, -0.2) is 31.9 Å². The van der Waals surface area contributed by atoms with E-state index in [-0.39, 0.29) is 18.0 Å². The van der Waals surface area contributed by atoms with E-state index < -0.39 is 23.7 Å². The number of carbonyl (C=O) groups is 2. The number of hydrogen-bond donors (Lipinski definition) is 3. The van der Waals surface area contributed by atoms with Crippen molar-refractivity contribution in [3.8, 4) is 11.6 Å². The van der Waals surface area contributed by atoms with Gasteiger partial charge in [-0.25, -0.2) is 9.07 Å². The minimum Gasteiger partial charge on any atom is -0.493 e. The quantitative estimate of drug-likeness (QED) is 0.607. The van der Waals surface area contributed by atoms with Crippen molar-refractivity contribution in [2.45, 2.75) is 19.4 Å². The molecule has 0 fully saturated rings. The standard InChI is InChI=1S/C20H18FN3O4/c1-12-2-4-13(5-3-12)16(11-19(26)27)22-20(28)17-10-18(25)24(23-17)15-8-6-14(21)7-9-15/h2-10,16,25H,11H2,1H3,(H,22,28)(H,26,27). The van der Waals surface area contributed by atoms with E-state index in [0.717, 1.165) is 16.3 Å². The highest BCUT2D eigenvalue weighted by Crippen LogP contribution is 2.21. The molecule has 144 valence electrons. The molecule has 2 aromatic carbocycles. The van der Waals surface area contributed by atoms with Crippen molar-refractivity contribution >= 4 is 11.9 Å². The van der Waals surface area contributed by atoms with E-state index in [2.05, 4.69) is 10.4 Å². The second kappa shape index (κ2) is 7.91. The Balaban J connectivity index is 1.83. The van der Waals surface area contributed by atoms with Crippen molar-refractivity contribution in [2.24, 2.45) is 0 Å². The minimum atomic E-state index is -1.06. The normalized spacial score (nSPS) is 11.8. The maximum atomic E-state index is 13.1. The average molecular weight is 383 g/mol. The number of carbonyl (C=O) groups excluding carboxylic acids is 1. The molecule has 0 saturated carbocycles. The van der Waals surface area contributed by atoms with E-state index in [4.69, 9.17) is 5.11 Å². The zero-order valence-corrected chi connectivity index (χ0v) is 15.0. The van der Waals surface area contributed by atoms with Crippen molar-refractivity contribution < 1.29 is 24.2 Å². The van der Waals surface area contributed by atoms with Crippen molar-refractivity contribution in [2.75, 3.05) is 0 Å². The van der Waals surface area contributed by atoms with Crippen LogP contribution in [0.4, 0.5) is 4.39 Å². The van der Waals surface area contributed by atoms with Gasteiger partial charge >= 0.3 is 5.97 Å². The van der Waals surface area contributed by atoms with E-state index in [1.807, 2.05) is 19.1 Å². The highest BCUT2D eigenvalue weighted by atomic mass is 19.1. The van der Waals surface area contributed by atoms with Gasteiger partial charge in [0.2, 0.25) is 5.88 Å². The lowest BCUT2D eigenvalue weighted by atomic mass is 10.0. The molecular formula is C20H18FN3O4. The topological polar surface area (TPSA) is 104 Å². The lowest BCUT2D eigenvalue weighted by Gasteiger charge is -2.17. The van der Waals surface area contributed by atoms with Gasteiger partial charge in [-0.15, -0.1) is 0 Å². The second-order valence-corrected chi connectivity index (χ2v) is 6.31. The van der Waals surface area contributed by atoms with E-state index in [1.165, 1.54) is 24.3 Å². The molecular weight excluding hydrogens is 365 g/mol. The first kappa shape index (κ1) is 19.1. The third-order valence-electron chi connectivity index (χ3n) is 4.16. The average Bonchev–Trinajstić information content (AvgIpc) is 3.04. The Labute approximate surface area is 160 Å². The fourth-order valence-electron chi connectivity index (χ4n) is 2.71. The summed E-state index contributed by atoms with van der Waals surface area (Å²) in [5.41, 5.74) is 1.93. The maximum Gasteiger partial charge on any atom is 0.305 e. The number of carboxylic acid groups (broad SMARTS) is 1. The molecule has 28 heavy (non-hydrogen) atoms. The zero-order valence-electron chi connectivity index (χ0n) is 15.0. The molecule has 3 N–H and O–H groups in total. The first-order valence-corrected chi connectivity index (χ1v) is 8.47. The highest BCUT2D eigenvalue weighted by molar-refractivity contribution is 5.93. The molecule has 7 nitrogen and oxygen atoms in total. The van der Waals surface area contributed by atoms with Gasteiger partial charge in [0.25, 0.3) is 5.91 Å². The smallest absolute Gasteiger partial charge is 0.305 e. The van der Waals surface area contributed by atoms with Gasteiger partial charge in [0.1, 0.15) is 5.82 Å². The molecule has 0 radical (unpaired) electrons. The summed E-state index contributed by atoms with van der Waals surface area (Å²) in [6.45, 7) is 1.90. The third kappa shape index (κ3) is 4.35. The van der Waals surface area contributed by atoms with E-state index in [1.54, 1.807) is 12.1 Å². The Bertz CT molecular complexity index is 997. The maximum absolute atomic E-state index is 13.1. The monoisotopic (exact) mass is 383 g/mol. The molecule has 1 heterocycles. The van der Waals surface area contributed by atoms with Gasteiger partial charge in [-0.05, 0) is 36.8 Å². The summed E-state index contributed by atoms with van der Waals surface area (Å²) < 4.78 is 14.2. The van der Waals surface area contributed by atoms with Crippen LogP contribution < -0.4 is 5.32 Å². The number of amides is 1. The Kier molecular flexibility index (Phi) is 5.39. The van der Waals surface area contributed by atoms with Gasteiger partial charge < -0.3 is 15.5 Å². The number of nitrogens with zero attached hydrogens (tertiary/aromatic N) is 2. The van der Waals surface area contributed by atoms with Crippen LogP contribution in [0.2, 0.25) is 0 Å². The lowest BCUT2D eigenvalue weighted by molar-refractivity contribution is -0.137. The molecule has 3 rings (SSSR count). The van der Waals surface area contributed by atoms with Crippen molar-refractivity contribution in [3.05, 3.63) is 77.2 Å². The zero-order chi connectivity index (χ0) is 20.3. The van der Waals surface area contributed by atoms with Gasteiger partial charge in [-0.2, -0.15) is 5.10 Å². The van der Waals surface area contributed by atoms with Crippen LogP contribution in [0.1, 0.15) is 34.1 Å². The summed E-state index contributed by atoms with van der Waals surface area (Å²) in [4.78, 5) is 23.8. The van der Waals surface area contributed by atoms with Crippen LogP contribution >= 0.6 is 0 Å². The van der Waals surface area contributed by atoms with Crippen LogP contribution in [0, 0.1) is 12.7 Å². The second-order valence-electron chi connectivity index (χ2n) is 6.31. The third-order valence-corrected chi connectivity index (χ3v) is 4.16. The molecule has 0 bridgehead atoms. The van der Waals surface area contributed by atoms with Crippen molar-refractivity contribution in [1.82, 2.24) is 15.1 Å². The number of aliphatic carboxylic acids is 1. The highest BCUT2D eigenvalue weighted by Gasteiger charge is 2.22. The number of rotatable bonds is 6. The summed E-state index contributed by atoms with van der Waals surface area (Å²) in [5, 5.41) is 25.9. The Morgan fingerprint density at radius 3 is 2.39 bits per heavy atom. The van der Waals surface area contributed by atoms with Gasteiger partial charge in [0.05, 0.1) is 18.2 Å². The molecule has 3 aromatic rings. The fraction of sp³-hybridized carbons (Fsp3) is 0.150. The van der Waals surface area contributed by atoms with E-state index in [9.17, 15) is 19.1 Å². The summed E-state index contributed by atoms with van der Waals surface area (Å²) in [7, 11) is 0. The summed E-state index contributed by atoms with van der Waals surface area (Å²) in [6.07, 6.45) is -0.306.